The lowest BCUT2D eigenvalue weighted by Crippen LogP contribution is -2.02. The van der Waals surface area contributed by atoms with Gasteiger partial charge in [-0.2, -0.15) is 0 Å². The molecule has 66 valence electrons. The number of methoxy groups -OCH3 is 1. The van der Waals surface area contributed by atoms with Gasteiger partial charge in [-0.25, -0.2) is 9.59 Å². The summed E-state index contributed by atoms with van der Waals surface area (Å²) in [5.74, 6) is -2.26. The smallest absolute Gasteiger partial charge is 0.338 e. The highest BCUT2D eigenvalue weighted by atomic mass is 16.7. The summed E-state index contributed by atoms with van der Waals surface area (Å²) < 4.78 is 8.75. The zero-order valence-electron chi connectivity index (χ0n) is 6.44. The Morgan fingerprint density at radius 1 is 1.42 bits per heavy atom. The van der Waals surface area contributed by atoms with E-state index >= 15 is 0 Å². The van der Waals surface area contributed by atoms with Crippen molar-refractivity contribution in [1.29, 1.82) is 0 Å². The average molecular weight is 172 g/mol. The molecule has 0 aromatic carbocycles. The first-order valence-corrected chi connectivity index (χ1v) is 2.92. The van der Waals surface area contributed by atoms with Crippen LogP contribution >= 0.6 is 0 Å². The number of hydrogen-bond donors (Lipinski definition) is 1. The Labute approximate surface area is 68.9 Å². The minimum Gasteiger partial charge on any atom is -0.478 e. The molecule has 0 aliphatic carbocycles. The van der Waals surface area contributed by atoms with Crippen molar-refractivity contribution >= 4 is 11.9 Å². The van der Waals surface area contributed by atoms with Gasteiger partial charge in [-0.3, -0.25) is 0 Å². The van der Waals surface area contributed by atoms with Gasteiger partial charge in [0.1, 0.15) is 0 Å². The number of carboxylic acids is 1. The van der Waals surface area contributed by atoms with Crippen LogP contribution in [-0.4, -0.2) is 24.2 Å². The van der Waals surface area contributed by atoms with Gasteiger partial charge in [0.2, 0.25) is 0 Å². The third-order valence-corrected chi connectivity index (χ3v) is 0.804. The summed E-state index contributed by atoms with van der Waals surface area (Å²) in [4.78, 5) is 20.5. The number of carboxylic acid groups (broad SMARTS) is 1. The molecule has 0 unspecified atom stereocenters. The van der Waals surface area contributed by atoms with Crippen LogP contribution in [0.1, 0.15) is 0 Å². The molecule has 0 radical (unpaired) electrons. The highest BCUT2D eigenvalue weighted by Crippen LogP contribution is 1.94. The van der Waals surface area contributed by atoms with Crippen molar-refractivity contribution in [2.45, 2.75) is 0 Å². The molecule has 0 spiro atoms. The second-order valence-electron chi connectivity index (χ2n) is 1.67. The lowest BCUT2D eigenvalue weighted by molar-refractivity contribution is -0.139. The number of hydrogen-bond acceptors (Lipinski definition) is 4. The molecule has 12 heavy (non-hydrogen) atoms. The maximum Gasteiger partial charge on any atom is 0.338 e. The van der Waals surface area contributed by atoms with E-state index in [1.165, 1.54) is 7.11 Å². The van der Waals surface area contributed by atoms with Crippen LogP contribution in [0.15, 0.2) is 24.7 Å². The van der Waals surface area contributed by atoms with Gasteiger partial charge in [0, 0.05) is 12.2 Å². The summed E-state index contributed by atoms with van der Waals surface area (Å²) in [7, 11) is 1.27. The van der Waals surface area contributed by atoms with E-state index in [9.17, 15) is 9.59 Å². The van der Waals surface area contributed by atoms with Crippen LogP contribution in [0.2, 0.25) is 0 Å². The number of rotatable bonds is 4. The van der Waals surface area contributed by atoms with Crippen LogP contribution in [0.4, 0.5) is 0 Å². The summed E-state index contributed by atoms with van der Waals surface area (Å²) in [5.41, 5.74) is 0. The molecule has 0 aromatic heterocycles. The SMILES string of the molecule is C=C(OC)OC(=O)/C=C\C(=O)O. The Morgan fingerprint density at radius 2 is 2.00 bits per heavy atom. The number of carbonyl (C=O) groups excluding carboxylic acids is 1. The summed E-state index contributed by atoms with van der Waals surface area (Å²) in [6.07, 6.45) is 1.41. The van der Waals surface area contributed by atoms with Gasteiger partial charge in [-0.05, 0) is 6.58 Å². The van der Waals surface area contributed by atoms with E-state index in [4.69, 9.17) is 5.11 Å². The molecule has 0 aliphatic rings. The molecule has 0 aromatic rings. The number of aliphatic carboxylic acids is 1. The second kappa shape index (κ2) is 4.95. The quantitative estimate of drug-likeness (QED) is 0.374. The monoisotopic (exact) mass is 172 g/mol. The first kappa shape index (κ1) is 10.2. The van der Waals surface area contributed by atoms with E-state index in [1.807, 2.05) is 0 Å². The zero-order valence-corrected chi connectivity index (χ0v) is 6.44. The van der Waals surface area contributed by atoms with E-state index in [-0.39, 0.29) is 5.95 Å². The summed E-state index contributed by atoms with van der Waals surface area (Å²) >= 11 is 0. The fourth-order valence-electron chi connectivity index (χ4n) is 0.327. The van der Waals surface area contributed by atoms with Crippen LogP contribution in [0.25, 0.3) is 0 Å². The Kier molecular flexibility index (Phi) is 4.21. The van der Waals surface area contributed by atoms with Crippen molar-refractivity contribution < 1.29 is 24.2 Å². The van der Waals surface area contributed by atoms with Gasteiger partial charge in [0.25, 0.3) is 5.95 Å². The van der Waals surface area contributed by atoms with Crippen molar-refractivity contribution in [2.24, 2.45) is 0 Å². The van der Waals surface area contributed by atoms with Gasteiger partial charge in [-0.15, -0.1) is 0 Å². The van der Waals surface area contributed by atoms with Gasteiger partial charge in [0.15, 0.2) is 0 Å². The summed E-state index contributed by atoms with van der Waals surface area (Å²) in [5, 5.41) is 8.11. The fourth-order valence-corrected chi connectivity index (χ4v) is 0.327. The van der Waals surface area contributed by atoms with Gasteiger partial charge in [-0.1, -0.05) is 0 Å². The molecule has 0 atom stereocenters. The molecular weight excluding hydrogens is 164 g/mol. The Bertz CT molecular complexity index is 228. The largest absolute Gasteiger partial charge is 0.478 e. The van der Waals surface area contributed by atoms with Crippen molar-refractivity contribution in [2.75, 3.05) is 7.11 Å². The maximum absolute atomic E-state index is 10.6. The molecule has 0 rings (SSSR count). The molecule has 5 nitrogen and oxygen atoms in total. The van der Waals surface area contributed by atoms with E-state index in [0.717, 1.165) is 6.08 Å². The van der Waals surface area contributed by atoms with Crippen molar-refractivity contribution in [3.05, 3.63) is 24.7 Å². The van der Waals surface area contributed by atoms with Crippen molar-refractivity contribution in [1.82, 2.24) is 0 Å². The van der Waals surface area contributed by atoms with E-state index in [1.54, 1.807) is 0 Å². The summed E-state index contributed by atoms with van der Waals surface area (Å²) in [6, 6.07) is 0. The predicted molar refractivity (Wildman–Crippen MR) is 39.0 cm³/mol. The van der Waals surface area contributed by atoms with E-state index in [2.05, 4.69) is 16.1 Å². The van der Waals surface area contributed by atoms with E-state index < -0.39 is 11.9 Å². The molecule has 1 N–H and O–H groups in total. The van der Waals surface area contributed by atoms with Crippen LogP contribution in [0.3, 0.4) is 0 Å². The summed E-state index contributed by atoms with van der Waals surface area (Å²) in [6.45, 7) is 3.19. The molecule has 5 heteroatoms. The first-order valence-electron chi connectivity index (χ1n) is 2.92. The Morgan fingerprint density at radius 3 is 2.42 bits per heavy atom. The highest BCUT2D eigenvalue weighted by molar-refractivity contribution is 5.91. The molecule has 0 fully saturated rings. The lowest BCUT2D eigenvalue weighted by atomic mass is 10.5. The van der Waals surface area contributed by atoms with Gasteiger partial charge in [0.05, 0.1) is 7.11 Å². The van der Waals surface area contributed by atoms with Gasteiger partial charge < -0.3 is 14.6 Å². The molecule has 0 bridgehead atoms. The van der Waals surface area contributed by atoms with Crippen LogP contribution < -0.4 is 0 Å². The molecule has 0 heterocycles. The first-order chi connectivity index (χ1) is 5.56. The Balaban J connectivity index is 3.90. The zero-order chi connectivity index (χ0) is 9.56. The number of ether oxygens (including phenoxy) is 2. The molecule has 0 saturated heterocycles. The number of esters is 1. The molecular formula is C7H8O5. The molecule has 0 amide bonds. The minimum absolute atomic E-state index is 0.185. The van der Waals surface area contributed by atoms with Crippen LogP contribution in [0, 0.1) is 0 Å². The van der Waals surface area contributed by atoms with Crippen LogP contribution in [0.5, 0.6) is 0 Å². The third-order valence-electron chi connectivity index (χ3n) is 0.804. The Hall–Kier alpha value is -1.78. The average Bonchev–Trinajstić information content (AvgIpc) is 2.00. The third kappa shape index (κ3) is 5.04. The minimum atomic E-state index is -1.23. The van der Waals surface area contributed by atoms with Crippen molar-refractivity contribution in [3.8, 4) is 0 Å². The number of carbonyl (C=O) groups is 2. The van der Waals surface area contributed by atoms with E-state index in [0.29, 0.717) is 6.08 Å². The normalized spacial score (nSPS) is 9.42. The van der Waals surface area contributed by atoms with Crippen LogP contribution in [-0.2, 0) is 19.1 Å². The van der Waals surface area contributed by atoms with Gasteiger partial charge >= 0.3 is 11.9 Å². The maximum atomic E-state index is 10.6. The topological polar surface area (TPSA) is 72.8 Å². The molecule has 0 saturated carbocycles. The second-order valence-corrected chi connectivity index (χ2v) is 1.67. The lowest BCUT2D eigenvalue weighted by Gasteiger charge is -2.00. The standard InChI is InChI=1S/C7H8O5/c1-5(11-2)12-7(10)4-3-6(8)9/h3-4H,1H2,2H3,(H,8,9)/b4-3-. The van der Waals surface area contributed by atoms with Crippen molar-refractivity contribution in [3.63, 3.8) is 0 Å². The highest BCUT2D eigenvalue weighted by Gasteiger charge is 2.00. The molecule has 0 aliphatic heterocycles. The fraction of sp³-hybridized carbons (Fsp3) is 0.143. The predicted octanol–water partition coefficient (Wildman–Crippen LogP) is 0.288.